The molecule has 0 saturated heterocycles. The molecule has 3 rings (SSSR count). The summed E-state index contributed by atoms with van der Waals surface area (Å²) in [6.45, 7) is 5.00. The number of hydrogen-bond acceptors (Lipinski definition) is 2. The Morgan fingerprint density at radius 3 is 2.80 bits per heavy atom. The Balaban J connectivity index is 2.09. The van der Waals surface area contributed by atoms with E-state index in [2.05, 4.69) is 32.0 Å². The van der Waals surface area contributed by atoms with Crippen molar-refractivity contribution in [2.24, 2.45) is 11.3 Å². The standard InChI is InChI=1S/C18H26O2/c1-17(12-19)9-4-10-18(2)15-11-14(20-3)7-5-13(15)6-8-16(17)18/h5,7,11,16,19H,4,6,8-10,12H2,1-3H3/t16-,17+,18-/m1/s1. The summed E-state index contributed by atoms with van der Waals surface area (Å²) >= 11 is 0. The van der Waals surface area contributed by atoms with Crippen LogP contribution in [0.15, 0.2) is 18.2 Å². The molecular formula is C18H26O2. The van der Waals surface area contributed by atoms with Gasteiger partial charge in [0.1, 0.15) is 5.75 Å². The molecule has 2 nitrogen and oxygen atoms in total. The number of aliphatic hydroxyl groups is 1. The summed E-state index contributed by atoms with van der Waals surface area (Å²) in [4.78, 5) is 0. The van der Waals surface area contributed by atoms with Gasteiger partial charge in [-0.1, -0.05) is 26.3 Å². The predicted molar refractivity (Wildman–Crippen MR) is 81.2 cm³/mol. The fraction of sp³-hybridized carbons (Fsp3) is 0.667. The molecule has 0 bridgehead atoms. The third-order valence-electron chi connectivity index (χ3n) is 6.05. The molecule has 2 aliphatic carbocycles. The third kappa shape index (κ3) is 1.88. The average Bonchev–Trinajstić information content (AvgIpc) is 2.46. The molecule has 3 atom stereocenters. The van der Waals surface area contributed by atoms with E-state index in [-0.39, 0.29) is 10.8 Å². The van der Waals surface area contributed by atoms with Crippen molar-refractivity contribution >= 4 is 0 Å². The molecule has 0 radical (unpaired) electrons. The monoisotopic (exact) mass is 274 g/mol. The Hall–Kier alpha value is -1.02. The second kappa shape index (κ2) is 4.77. The van der Waals surface area contributed by atoms with Crippen LogP contribution in [-0.2, 0) is 11.8 Å². The second-order valence-electron chi connectivity index (χ2n) is 7.20. The van der Waals surface area contributed by atoms with Gasteiger partial charge in [0, 0.05) is 6.61 Å². The van der Waals surface area contributed by atoms with E-state index in [4.69, 9.17) is 4.74 Å². The number of aryl methyl sites for hydroxylation is 1. The molecule has 0 aromatic heterocycles. The van der Waals surface area contributed by atoms with Crippen LogP contribution in [0.25, 0.3) is 0 Å². The molecule has 0 aliphatic heterocycles. The number of rotatable bonds is 2. The summed E-state index contributed by atoms with van der Waals surface area (Å²) < 4.78 is 5.43. The summed E-state index contributed by atoms with van der Waals surface area (Å²) in [7, 11) is 1.74. The highest BCUT2D eigenvalue weighted by atomic mass is 16.5. The van der Waals surface area contributed by atoms with Crippen molar-refractivity contribution in [2.75, 3.05) is 13.7 Å². The largest absolute Gasteiger partial charge is 0.497 e. The summed E-state index contributed by atoms with van der Waals surface area (Å²) in [6, 6.07) is 6.56. The third-order valence-corrected chi connectivity index (χ3v) is 6.05. The van der Waals surface area contributed by atoms with Crippen LogP contribution in [0.1, 0.15) is 50.7 Å². The van der Waals surface area contributed by atoms with Crippen LogP contribution in [0.4, 0.5) is 0 Å². The molecule has 0 amide bonds. The van der Waals surface area contributed by atoms with Crippen molar-refractivity contribution in [3.63, 3.8) is 0 Å². The summed E-state index contributed by atoms with van der Waals surface area (Å²) in [5.74, 6) is 1.54. The Kier molecular flexibility index (Phi) is 3.32. The number of ether oxygens (including phenoxy) is 1. The normalized spacial score (nSPS) is 36.1. The average molecular weight is 274 g/mol. The number of methoxy groups -OCH3 is 1. The first-order valence-corrected chi connectivity index (χ1v) is 7.82. The van der Waals surface area contributed by atoms with Crippen molar-refractivity contribution in [3.8, 4) is 5.75 Å². The lowest BCUT2D eigenvalue weighted by Gasteiger charge is -2.55. The van der Waals surface area contributed by atoms with E-state index in [9.17, 15) is 5.11 Å². The van der Waals surface area contributed by atoms with Crippen LogP contribution < -0.4 is 4.74 Å². The molecule has 20 heavy (non-hydrogen) atoms. The van der Waals surface area contributed by atoms with Crippen LogP contribution >= 0.6 is 0 Å². The van der Waals surface area contributed by atoms with Crippen LogP contribution in [0.5, 0.6) is 5.75 Å². The molecular weight excluding hydrogens is 248 g/mol. The first-order chi connectivity index (χ1) is 9.53. The van der Waals surface area contributed by atoms with Crippen LogP contribution in [0.2, 0.25) is 0 Å². The van der Waals surface area contributed by atoms with E-state index >= 15 is 0 Å². The van der Waals surface area contributed by atoms with Gasteiger partial charge in [-0.05, 0) is 65.7 Å². The number of aliphatic hydroxyl groups excluding tert-OH is 1. The number of fused-ring (bicyclic) bond motifs is 3. The zero-order chi connectivity index (χ0) is 14.4. The smallest absolute Gasteiger partial charge is 0.119 e. The van der Waals surface area contributed by atoms with Gasteiger partial charge in [-0.25, -0.2) is 0 Å². The SMILES string of the molecule is COc1ccc2c(c1)[C@@]1(C)CCC[C@@](C)(CO)[C@H]1CC2. The van der Waals surface area contributed by atoms with E-state index < -0.39 is 0 Å². The molecule has 1 aromatic rings. The molecule has 1 fully saturated rings. The highest BCUT2D eigenvalue weighted by molar-refractivity contribution is 5.43. The van der Waals surface area contributed by atoms with Gasteiger partial charge in [0.25, 0.3) is 0 Å². The Bertz CT molecular complexity index is 510. The second-order valence-corrected chi connectivity index (χ2v) is 7.20. The lowest BCUT2D eigenvalue weighted by Crippen LogP contribution is -2.50. The van der Waals surface area contributed by atoms with E-state index in [1.54, 1.807) is 7.11 Å². The van der Waals surface area contributed by atoms with Gasteiger partial charge in [0.2, 0.25) is 0 Å². The predicted octanol–water partition coefficient (Wildman–Crippen LogP) is 3.70. The fourth-order valence-corrected chi connectivity index (χ4v) is 4.89. The van der Waals surface area contributed by atoms with Gasteiger partial charge in [0.15, 0.2) is 0 Å². The lowest BCUT2D eigenvalue weighted by molar-refractivity contribution is -0.0179. The van der Waals surface area contributed by atoms with Gasteiger partial charge in [-0.15, -0.1) is 0 Å². The summed E-state index contributed by atoms with van der Waals surface area (Å²) in [6.07, 6.45) is 5.93. The van der Waals surface area contributed by atoms with E-state index in [0.717, 1.165) is 18.6 Å². The molecule has 2 heteroatoms. The molecule has 0 spiro atoms. The van der Waals surface area contributed by atoms with Crippen LogP contribution in [-0.4, -0.2) is 18.8 Å². The van der Waals surface area contributed by atoms with Gasteiger partial charge in [-0.3, -0.25) is 0 Å². The van der Waals surface area contributed by atoms with Crippen molar-refractivity contribution in [3.05, 3.63) is 29.3 Å². The maximum absolute atomic E-state index is 9.93. The topological polar surface area (TPSA) is 29.5 Å². The minimum atomic E-state index is 0.0771. The zero-order valence-corrected chi connectivity index (χ0v) is 12.9. The molecule has 0 unspecified atom stereocenters. The summed E-state index contributed by atoms with van der Waals surface area (Å²) in [5.41, 5.74) is 3.21. The van der Waals surface area contributed by atoms with Crippen molar-refractivity contribution in [2.45, 2.75) is 51.4 Å². The van der Waals surface area contributed by atoms with Gasteiger partial charge in [-0.2, -0.15) is 0 Å². The van der Waals surface area contributed by atoms with Gasteiger partial charge >= 0.3 is 0 Å². The van der Waals surface area contributed by atoms with Crippen molar-refractivity contribution < 1.29 is 9.84 Å². The molecule has 110 valence electrons. The number of benzene rings is 1. The van der Waals surface area contributed by atoms with Crippen LogP contribution in [0, 0.1) is 11.3 Å². The van der Waals surface area contributed by atoms with E-state index in [1.807, 2.05) is 0 Å². The lowest BCUT2D eigenvalue weighted by atomic mass is 9.50. The minimum Gasteiger partial charge on any atom is -0.497 e. The Labute approximate surface area is 122 Å². The van der Waals surface area contributed by atoms with Crippen molar-refractivity contribution in [1.29, 1.82) is 0 Å². The zero-order valence-electron chi connectivity index (χ0n) is 12.9. The summed E-state index contributed by atoms with van der Waals surface area (Å²) in [5, 5.41) is 9.93. The first kappa shape index (κ1) is 13.9. The fourth-order valence-electron chi connectivity index (χ4n) is 4.89. The Morgan fingerprint density at radius 2 is 2.10 bits per heavy atom. The molecule has 1 N–H and O–H groups in total. The molecule has 1 saturated carbocycles. The highest BCUT2D eigenvalue weighted by Crippen LogP contribution is 2.57. The van der Waals surface area contributed by atoms with E-state index in [1.165, 1.54) is 30.4 Å². The number of hydrogen-bond donors (Lipinski definition) is 1. The minimum absolute atomic E-state index is 0.0771. The van der Waals surface area contributed by atoms with Gasteiger partial charge < -0.3 is 9.84 Å². The van der Waals surface area contributed by atoms with Crippen LogP contribution in [0.3, 0.4) is 0 Å². The van der Waals surface area contributed by atoms with Crippen molar-refractivity contribution in [1.82, 2.24) is 0 Å². The van der Waals surface area contributed by atoms with Gasteiger partial charge in [0.05, 0.1) is 7.11 Å². The molecule has 0 heterocycles. The molecule has 1 aromatic carbocycles. The quantitative estimate of drug-likeness (QED) is 0.891. The first-order valence-electron chi connectivity index (χ1n) is 7.82. The highest BCUT2D eigenvalue weighted by Gasteiger charge is 2.51. The Morgan fingerprint density at radius 1 is 1.30 bits per heavy atom. The van der Waals surface area contributed by atoms with E-state index in [0.29, 0.717) is 12.5 Å². The maximum Gasteiger partial charge on any atom is 0.119 e. The maximum atomic E-state index is 9.93. The molecule has 2 aliphatic rings.